The van der Waals surface area contributed by atoms with Crippen molar-refractivity contribution >= 4 is 75.1 Å². The van der Waals surface area contributed by atoms with Crippen molar-refractivity contribution in [3.8, 4) is 11.5 Å². The van der Waals surface area contributed by atoms with E-state index in [1.54, 1.807) is 42.5 Å². The lowest BCUT2D eigenvalue weighted by molar-refractivity contribution is -0.118. The molecule has 0 aliphatic carbocycles. The summed E-state index contributed by atoms with van der Waals surface area (Å²) in [6.07, 6.45) is 1.70. The summed E-state index contributed by atoms with van der Waals surface area (Å²) in [6, 6.07) is 9.89. The van der Waals surface area contributed by atoms with Crippen LogP contribution in [-0.4, -0.2) is 29.9 Å². The topological polar surface area (TPSA) is 76.7 Å². The van der Waals surface area contributed by atoms with Crippen LogP contribution in [0.15, 0.2) is 41.3 Å². The van der Waals surface area contributed by atoms with Crippen molar-refractivity contribution in [1.29, 1.82) is 0 Å². The Bertz CT molecular complexity index is 1030. The highest BCUT2D eigenvalue weighted by atomic mass is 35.5. The van der Waals surface area contributed by atoms with Crippen LogP contribution in [0.5, 0.6) is 11.5 Å². The van der Waals surface area contributed by atoms with Gasteiger partial charge >= 0.3 is 0 Å². The summed E-state index contributed by atoms with van der Waals surface area (Å²) in [4.78, 5) is 24.4. The standard InChI is InChI=1S/C19H14Cl2N2O4S2/c1-26-15-6-10(7-16-18(25)23-19(28)29-16)2-5-14(15)27-9-17(24)22-11-3-4-12(20)13(21)8-11/h2-8H,9H2,1H3,(H,22,24)(H,23,25,28)/b16-7-. The number of amides is 2. The molecule has 1 aliphatic heterocycles. The Labute approximate surface area is 186 Å². The van der Waals surface area contributed by atoms with Gasteiger partial charge < -0.3 is 20.1 Å². The van der Waals surface area contributed by atoms with Crippen LogP contribution in [0.1, 0.15) is 5.56 Å². The van der Waals surface area contributed by atoms with Crippen LogP contribution in [0.2, 0.25) is 10.0 Å². The van der Waals surface area contributed by atoms with Crippen LogP contribution >= 0.6 is 47.2 Å². The molecule has 0 unspecified atom stereocenters. The molecule has 1 saturated heterocycles. The molecule has 150 valence electrons. The van der Waals surface area contributed by atoms with Gasteiger partial charge in [0.2, 0.25) is 0 Å². The number of nitrogens with one attached hydrogen (secondary N) is 2. The Morgan fingerprint density at radius 2 is 2.00 bits per heavy atom. The van der Waals surface area contributed by atoms with Gasteiger partial charge in [0, 0.05) is 5.69 Å². The molecule has 0 radical (unpaired) electrons. The van der Waals surface area contributed by atoms with Gasteiger partial charge in [-0.2, -0.15) is 0 Å². The minimum absolute atomic E-state index is 0.233. The number of hydrogen-bond donors (Lipinski definition) is 2. The van der Waals surface area contributed by atoms with Crippen molar-refractivity contribution < 1.29 is 19.1 Å². The summed E-state index contributed by atoms with van der Waals surface area (Å²) in [7, 11) is 1.49. The summed E-state index contributed by atoms with van der Waals surface area (Å²) in [6.45, 7) is -0.233. The zero-order valence-electron chi connectivity index (χ0n) is 15.0. The van der Waals surface area contributed by atoms with Crippen LogP contribution in [-0.2, 0) is 9.59 Å². The second-order valence-electron chi connectivity index (χ2n) is 5.73. The molecule has 2 amide bonds. The Balaban J connectivity index is 1.65. The van der Waals surface area contributed by atoms with Crippen molar-refractivity contribution in [2.45, 2.75) is 0 Å². The Morgan fingerprint density at radius 3 is 2.66 bits per heavy atom. The highest BCUT2D eigenvalue weighted by Crippen LogP contribution is 2.31. The molecular formula is C19H14Cl2N2O4S2. The number of ether oxygens (including phenoxy) is 2. The van der Waals surface area contributed by atoms with Crippen molar-refractivity contribution in [3.63, 3.8) is 0 Å². The van der Waals surface area contributed by atoms with E-state index in [1.807, 2.05) is 0 Å². The molecule has 1 heterocycles. The van der Waals surface area contributed by atoms with Gasteiger partial charge in [-0.15, -0.1) is 0 Å². The molecule has 2 aromatic rings. The number of carbonyl (C=O) groups is 2. The van der Waals surface area contributed by atoms with Crippen molar-refractivity contribution in [3.05, 3.63) is 56.9 Å². The summed E-state index contributed by atoms with van der Waals surface area (Å²) >= 11 is 18.0. The van der Waals surface area contributed by atoms with Crippen molar-refractivity contribution in [1.82, 2.24) is 5.32 Å². The van der Waals surface area contributed by atoms with Gasteiger partial charge in [0.15, 0.2) is 18.1 Å². The number of thiocarbonyl (C=S) groups is 1. The predicted molar refractivity (Wildman–Crippen MR) is 120 cm³/mol. The summed E-state index contributed by atoms with van der Waals surface area (Å²) in [5.74, 6) is 0.202. The van der Waals surface area contributed by atoms with Crippen molar-refractivity contribution in [2.24, 2.45) is 0 Å². The molecule has 6 nitrogen and oxygen atoms in total. The van der Waals surface area contributed by atoms with E-state index in [9.17, 15) is 9.59 Å². The van der Waals surface area contributed by atoms with Crippen LogP contribution in [0.4, 0.5) is 5.69 Å². The largest absolute Gasteiger partial charge is 0.493 e. The van der Waals surface area contributed by atoms with Gasteiger partial charge in [0.25, 0.3) is 11.8 Å². The van der Waals surface area contributed by atoms with E-state index in [2.05, 4.69) is 10.6 Å². The zero-order chi connectivity index (χ0) is 21.0. The fourth-order valence-electron chi connectivity index (χ4n) is 2.38. The van der Waals surface area contributed by atoms with E-state index in [-0.39, 0.29) is 18.4 Å². The average Bonchev–Trinajstić information content (AvgIpc) is 3.00. The van der Waals surface area contributed by atoms with Crippen LogP contribution in [0.25, 0.3) is 6.08 Å². The highest BCUT2D eigenvalue weighted by molar-refractivity contribution is 8.26. The fraction of sp³-hybridized carbons (Fsp3) is 0.105. The number of methoxy groups -OCH3 is 1. The van der Waals surface area contributed by atoms with Gasteiger partial charge in [-0.05, 0) is 42.0 Å². The van der Waals surface area contributed by atoms with E-state index in [1.165, 1.54) is 18.9 Å². The molecule has 29 heavy (non-hydrogen) atoms. The lowest BCUT2D eigenvalue weighted by Crippen LogP contribution is -2.20. The first-order chi connectivity index (χ1) is 13.9. The normalized spacial score (nSPS) is 14.7. The first-order valence-corrected chi connectivity index (χ1v) is 10.1. The monoisotopic (exact) mass is 468 g/mol. The predicted octanol–water partition coefficient (Wildman–Crippen LogP) is 4.51. The summed E-state index contributed by atoms with van der Waals surface area (Å²) < 4.78 is 11.3. The number of anilines is 1. The Morgan fingerprint density at radius 1 is 1.21 bits per heavy atom. The number of carbonyl (C=O) groups excluding carboxylic acids is 2. The van der Waals surface area contributed by atoms with E-state index < -0.39 is 0 Å². The quantitative estimate of drug-likeness (QED) is 0.479. The highest BCUT2D eigenvalue weighted by Gasteiger charge is 2.22. The van der Waals surface area contributed by atoms with Gasteiger partial charge in [-0.25, -0.2) is 0 Å². The van der Waals surface area contributed by atoms with E-state index in [0.717, 1.165) is 5.56 Å². The number of hydrogen-bond acceptors (Lipinski definition) is 6. The van der Waals surface area contributed by atoms with E-state index >= 15 is 0 Å². The molecule has 1 aliphatic rings. The molecule has 0 bridgehead atoms. The molecule has 3 rings (SSSR count). The molecule has 0 saturated carbocycles. The molecule has 2 N–H and O–H groups in total. The maximum absolute atomic E-state index is 12.1. The van der Waals surface area contributed by atoms with Crippen LogP contribution < -0.4 is 20.1 Å². The third-order valence-corrected chi connectivity index (χ3v) is 5.59. The summed E-state index contributed by atoms with van der Waals surface area (Å²) in [5, 5.41) is 5.97. The SMILES string of the molecule is COc1cc(/C=C2\SC(=S)NC2=O)ccc1OCC(=O)Nc1ccc(Cl)c(Cl)c1. The minimum atomic E-state index is -0.371. The van der Waals surface area contributed by atoms with Gasteiger partial charge in [-0.3, -0.25) is 9.59 Å². The van der Waals surface area contributed by atoms with Crippen LogP contribution in [0, 0.1) is 0 Å². The van der Waals surface area contributed by atoms with Gasteiger partial charge in [0.05, 0.1) is 22.1 Å². The maximum atomic E-state index is 12.1. The number of benzene rings is 2. The van der Waals surface area contributed by atoms with Gasteiger partial charge in [-0.1, -0.05) is 53.2 Å². The molecule has 0 spiro atoms. The Hall–Kier alpha value is -2.26. The molecule has 0 atom stereocenters. The molecule has 1 fully saturated rings. The van der Waals surface area contributed by atoms with E-state index in [4.69, 9.17) is 44.9 Å². The van der Waals surface area contributed by atoms with Gasteiger partial charge in [0.1, 0.15) is 4.32 Å². The van der Waals surface area contributed by atoms with Crippen LogP contribution in [0.3, 0.4) is 0 Å². The Kier molecular flexibility index (Phi) is 7.02. The lowest BCUT2D eigenvalue weighted by Gasteiger charge is -2.12. The minimum Gasteiger partial charge on any atom is -0.493 e. The van der Waals surface area contributed by atoms with Crippen molar-refractivity contribution in [2.75, 3.05) is 19.0 Å². The second kappa shape index (κ2) is 9.49. The molecule has 10 heteroatoms. The second-order valence-corrected chi connectivity index (χ2v) is 8.26. The smallest absolute Gasteiger partial charge is 0.263 e. The first kappa shape index (κ1) is 21.4. The lowest BCUT2D eigenvalue weighted by atomic mass is 10.2. The third kappa shape index (κ3) is 5.63. The molecule has 0 aromatic heterocycles. The number of rotatable bonds is 6. The van der Waals surface area contributed by atoms with E-state index in [0.29, 0.717) is 36.5 Å². The zero-order valence-corrected chi connectivity index (χ0v) is 18.1. The molecular weight excluding hydrogens is 455 g/mol. The fourth-order valence-corrected chi connectivity index (χ4v) is 3.72. The maximum Gasteiger partial charge on any atom is 0.263 e. The number of thioether (sulfide) groups is 1. The average molecular weight is 469 g/mol. The first-order valence-electron chi connectivity index (χ1n) is 8.16. The number of halogens is 2. The summed E-state index contributed by atoms with van der Waals surface area (Å²) in [5.41, 5.74) is 1.24. The molecule has 2 aromatic carbocycles. The third-order valence-electron chi connectivity index (χ3n) is 3.69.